The second kappa shape index (κ2) is 5.99. The van der Waals surface area contributed by atoms with Gasteiger partial charge in [-0.15, -0.1) is 0 Å². The summed E-state index contributed by atoms with van der Waals surface area (Å²) in [6, 6.07) is 14.8. The molecule has 138 valence electrons. The van der Waals surface area contributed by atoms with Crippen molar-refractivity contribution in [1.82, 2.24) is 14.9 Å². The molecule has 5 nitrogen and oxygen atoms in total. The van der Waals surface area contributed by atoms with Gasteiger partial charge in [0, 0.05) is 0 Å². The highest BCUT2D eigenvalue weighted by molar-refractivity contribution is 6.03. The second-order valence-corrected chi connectivity index (χ2v) is 6.92. The second-order valence-electron chi connectivity index (χ2n) is 6.92. The third kappa shape index (κ3) is 2.34. The van der Waals surface area contributed by atoms with Crippen LogP contribution < -0.4 is 10.9 Å². The predicted molar refractivity (Wildman–Crippen MR) is 105 cm³/mol. The van der Waals surface area contributed by atoms with E-state index >= 15 is 0 Å². The van der Waals surface area contributed by atoms with E-state index in [0.717, 1.165) is 10.8 Å². The van der Waals surface area contributed by atoms with E-state index in [2.05, 4.69) is 10.3 Å². The highest BCUT2D eigenvalue weighted by atomic mass is 19.1. The van der Waals surface area contributed by atoms with Crippen molar-refractivity contribution >= 4 is 27.6 Å². The lowest BCUT2D eigenvalue weighted by molar-refractivity contribution is 0.0937. The Labute approximate surface area is 159 Å². The van der Waals surface area contributed by atoms with Gasteiger partial charge >= 0.3 is 0 Å². The van der Waals surface area contributed by atoms with Crippen molar-refractivity contribution in [1.29, 1.82) is 0 Å². The maximum Gasteiger partial charge on any atom is 0.266 e. The average Bonchev–Trinajstić information content (AvgIpc) is 2.82. The smallest absolute Gasteiger partial charge is 0.266 e. The van der Waals surface area contributed by atoms with Gasteiger partial charge in [-0.25, -0.2) is 9.37 Å². The van der Waals surface area contributed by atoms with Crippen molar-refractivity contribution in [3.63, 3.8) is 0 Å². The summed E-state index contributed by atoms with van der Waals surface area (Å²) in [6.45, 7) is 1.92. The fourth-order valence-electron chi connectivity index (χ4n) is 3.82. The molecule has 0 bridgehead atoms. The standard InChI is InChI=1S/C22H16FN3O2/c1-2-17-20-24-18-8-7-14(23)11-15(18)22(28)26(20)19-10-13-6-4-3-5-12(13)9-16(19)21(27)25-17/h3-11,17H,2H2,1H3,(H,25,27). The van der Waals surface area contributed by atoms with Gasteiger partial charge < -0.3 is 5.32 Å². The summed E-state index contributed by atoms with van der Waals surface area (Å²) in [5.74, 6) is -0.303. The van der Waals surface area contributed by atoms with Crippen LogP contribution in [0.25, 0.3) is 27.4 Å². The number of fused-ring (bicyclic) bond motifs is 5. The normalized spacial score (nSPS) is 15.8. The summed E-state index contributed by atoms with van der Waals surface area (Å²) in [5.41, 5.74) is 0.891. The molecular weight excluding hydrogens is 357 g/mol. The fraction of sp³-hybridized carbons (Fsp3) is 0.136. The van der Waals surface area contributed by atoms with E-state index in [1.54, 1.807) is 6.07 Å². The van der Waals surface area contributed by atoms with Crippen LogP contribution in [-0.4, -0.2) is 15.5 Å². The number of amides is 1. The molecule has 1 N–H and O–H groups in total. The van der Waals surface area contributed by atoms with Crippen LogP contribution in [0.15, 0.2) is 59.4 Å². The molecule has 4 aromatic rings. The van der Waals surface area contributed by atoms with Gasteiger partial charge in [-0.2, -0.15) is 0 Å². The van der Waals surface area contributed by atoms with Crippen LogP contribution >= 0.6 is 0 Å². The molecule has 1 aliphatic heterocycles. The van der Waals surface area contributed by atoms with Gasteiger partial charge in [-0.1, -0.05) is 31.2 Å². The first-order valence-corrected chi connectivity index (χ1v) is 9.13. The molecule has 2 heterocycles. The lowest BCUT2D eigenvalue weighted by atomic mass is 10.0. The summed E-state index contributed by atoms with van der Waals surface area (Å²) in [6.07, 6.45) is 0.568. The number of nitrogens with zero attached hydrogens (tertiary/aromatic N) is 2. The minimum absolute atomic E-state index is 0.187. The van der Waals surface area contributed by atoms with Crippen LogP contribution in [0.4, 0.5) is 4.39 Å². The van der Waals surface area contributed by atoms with E-state index in [9.17, 15) is 14.0 Å². The van der Waals surface area contributed by atoms with Crippen molar-refractivity contribution in [2.24, 2.45) is 0 Å². The average molecular weight is 373 g/mol. The molecule has 28 heavy (non-hydrogen) atoms. The maximum atomic E-state index is 13.8. The van der Waals surface area contributed by atoms with E-state index in [4.69, 9.17) is 0 Å². The van der Waals surface area contributed by atoms with Gasteiger partial charge in [-0.05, 0) is 47.5 Å². The number of halogens is 1. The van der Waals surface area contributed by atoms with Gasteiger partial charge in [0.05, 0.1) is 28.2 Å². The van der Waals surface area contributed by atoms with Gasteiger partial charge in [-0.3, -0.25) is 14.2 Å². The molecule has 3 aromatic carbocycles. The van der Waals surface area contributed by atoms with E-state index in [1.165, 1.54) is 22.8 Å². The number of carbonyl (C=O) groups excluding carboxylic acids is 1. The minimum Gasteiger partial charge on any atom is -0.342 e. The van der Waals surface area contributed by atoms with E-state index in [0.29, 0.717) is 29.0 Å². The zero-order chi connectivity index (χ0) is 19.4. The number of hydrogen-bond donors (Lipinski definition) is 1. The Kier molecular flexibility index (Phi) is 3.55. The van der Waals surface area contributed by atoms with E-state index in [-0.39, 0.29) is 16.9 Å². The minimum atomic E-state index is -0.499. The van der Waals surface area contributed by atoms with Gasteiger partial charge in [0.25, 0.3) is 11.5 Å². The molecule has 1 aliphatic rings. The summed E-state index contributed by atoms with van der Waals surface area (Å²) in [5, 5.41) is 4.97. The first kappa shape index (κ1) is 16.6. The molecule has 1 amide bonds. The number of hydrogen-bond acceptors (Lipinski definition) is 3. The van der Waals surface area contributed by atoms with Crippen molar-refractivity contribution < 1.29 is 9.18 Å². The topological polar surface area (TPSA) is 64.0 Å². The quantitative estimate of drug-likeness (QED) is 0.551. The molecule has 0 saturated carbocycles. The molecule has 5 rings (SSSR count). The van der Waals surface area contributed by atoms with Crippen molar-refractivity contribution in [2.75, 3.05) is 0 Å². The van der Waals surface area contributed by atoms with Crippen molar-refractivity contribution in [2.45, 2.75) is 19.4 Å². The van der Waals surface area contributed by atoms with Crippen LogP contribution in [-0.2, 0) is 0 Å². The Morgan fingerprint density at radius 3 is 2.57 bits per heavy atom. The third-order valence-corrected chi connectivity index (χ3v) is 5.23. The molecule has 1 aromatic heterocycles. The van der Waals surface area contributed by atoms with Crippen LogP contribution in [0.5, 0.6) is 0 Å². The zero-order valence-electron chi connectivity index (χ0n) is 15.1. The van der Waals surface area contributed by atoms with Crippen LogP contribution in [0.3, 0.4) is 0 Å². The molecule has 0 saturated heterocycles. The van der Waals surface area contributed by atoms with Gasteiger partial charge in [0.1, 0.15) is 11.6 Å². The Morgan fingerprint density at radius 1 is 1.07 bits per heavy atom. The first-order chi connectivity index (χ1) is 13.6. The van der Waals surface area contributed by atoms with Crippen molar-refractivity contribution in [3.8, 4) is 5.69 Å². The fourth-order valence-corrected chi connectivity index (χ4v) is 3.82. The van der Waals surface area contributed by atoms with Gasteiger partial charge in [0.2, 0.25) is 0 Å². The molecule has 0 radical (unpaired) electrons. The number of rotatable bonds is 1. The van der Waals surface area contributed by atoms with Crippen LogP contribution in [0.2, 0.25) is 0 Å². The molecule has 0 aliphatic carbocycles. The monoisotopic (exact) mass is 373 g/mol. The maximum absolute atomic E-state index is 13.8. The first-order valence-electron chi connectivity index (χ1n) is 9.13. The largest absolute Gasteiger partial charge is 0.342 e. The van der Waals surface area contributed by atoms with Gasteiger partial charge in [0.15, 0.2) is 0 Å². The lowest BCUT2D eigenvalue weighted by Crippen LogP contribution is -2.30. The van der Waals surface area contributed by atoms with Crippen LogP contribution in [0, 0.1) is 5.82 Å². The molecular formula is C22H16FN3O2. The predicted octanol–water partition coefficient (Wildman–Crippen LogP) is 3.87. The SMILES string of the molecule is CCC1NC(=O)c2cc3ccccc3cc2-n2c1nc1ccc(F)cc1c2=O. The lowest BCUT2D eigenvalue weighted by Gasteiger charge is -2.17. The van der Waals surface area contributed by atoms with Crippen molar-refractivity contribution in [3.05, 3.63) is 82.2 Å². The zero-order valence-corrected chi connectivity index (χ0v) is 15.1. The molecule has 6 heteroatoms. The number of carbonyl (C=O) groups is 1. The molecule has 1 atom stereocenters. The Hall–Kier alpha value is -3.54. The molecule has 0 spiro atoms. The Bertz CT molecular complexity index is 1340. The summed E-state index contributed by atoms with van der Waals surface area (Å²) < 4.78 is 15.2. The molecule has 1 unspecified atom stereocenters. The highest BCUT2D eigenvalue weighted by Gasteiger charge is 2.29. The highest BCUT2D eigenvalue weighted by Crippen LogP contribution is 2.29. The van der Waals surface area contributed by atoms with Crippen LogP contribution in [0.1, 0.15) is 35.6 Å². The number of nitrogens with one attached hydrogen (secondary N) is 1. The Balaban J connectivity index is 1.96. The third-order valence-electron chi connectivity index (χ3n) is 5.23. The number of aromatic nitrogens is 2. The summed E-state index contributed by atoms with van der Waals surface area (Å²) >= 11 is 0. The molecule has 0 fully saturated rings. The Morgan fingerprint density at radius 2 is 1.82 bits per heavy atom. The van der Waals surface area contributed by atoms with E-state index < -0.39 is 11.9 Å². The van der Waals surface area contributed by atoms with E-state index in [1.807, 2.05) is 37.3 Å². The number of benzene rings is 3. The summed E-state index contributed by atoms with van der Waals surface area (Å²) in [7, 11) is 0. The summed E-state index contributed by atoms with van der Waals surface area (Å²) in [4.78, 5) is 30.9.